The van der Waals surface area contributed by atoms with E-state index in [4.69, 9.17) is 34.4 Å². The van der Waals surface area contributed by atoms with Crippen LogP contribution in [0.15, 0.2) is 114 Å². The smallest absolute Gasteiger partial charge is 0.243 e. The first-order valence-corrected chi connectivity index (χ1v) is 31.0. The zero-order chi connectivity index (χ0) is 70.8. The van der Waals surface area contributed by atoms with Crippen molar-refractivity contribution in [2.45, 2.75) is 140 Å². The Morgan fingerprint density at radius 1 is 0.479 bits per heavy atom. The lowest BCUT2D eigenvalue weighted by Gasteiger charge is -2.28. The molecule has 0 bridgehead atoms. The van der Waals surface area contributed by atoms with Crippen molar-refractivity contribution in [2.24, 2.45) is 51.2 Å². The first-order chi connectivity index (χ1) is 45.5. The number of para-hydroxylation sites is 1. The summed E-state index contributed by atoms with van der Waals surface area (Å²) >= 11 is 0. The van der Waals surface area contributed by atoms with Gasteiger partial charge in [0.25, 0.3) is 0 Å². The van der Waals surface area contributed by atoms with Crippen molar-refractivity contribution in [2.75, 3.05) is 13.1 Å². The molecular weight excluding hydrogens is 1240 g/mol. The third-order valence-corrected chi connectivity index (χ3v) is 15.1. The number of carbonyl (C=O) groups excluding carboxylic acids is 12. The van der Waals surface area contributed by atoms with Crippen molar-refractivity contribution < 1.29 is 67.7 Å². The molecule has 0 aliphatic rings. The molecule has 1 heterocycles. The molecule has 1 aromatic heterocycles. The SMILES string of the molecule is CC(C)CC(NC(=O)CNC(=O)C(Cc1ccccc1)NC(=O)C(NC(=O)C(CC(N)=O)NC(=O)C(Cc1c[nH]c2ccccc12)NC(=O)C(CC(N)=O)NC(=O)C(N)Cc1ccc(O)cc1)C(C)C)C(=O)NC(CCCN=C(N)N)C(=O)NC(Cc1ccc(O)cc1)C(N)=O. The first-order valence-electron chi connectivity index (χ1n) is 31.0. The fourth-order valence-electron chi connectivity index (χ4n) is 10.1. The maximum absolute atomic E-state index is 14.6. The molecule has 5 rings (SSSR count). The number of aromatic amines is 1. The number of aliphatic imine (C=N–C) groups is 1. The van der Waals surface area contributed by atoms with E-state index in [1.807, 2.05) is 0 Å². The summed E-state index contributed by atoms with van der Waals surface area (Å²) in [5.74, 6) is -12.6. The predicted octanol–water partition coefficient (Wildman–Crippen LogP) is -2.84. The molecule has 516 valence electrons. The topological polar surface area (TPSA) is 538 Å². The van der Waals surface area contributed by atoms with Gasteiger partial charge in [0.15, 0.2) is 5.96 Å². The normalized spacial score (nSPS) is 13.9. The molecule has 96 heavy (non-hydrogen) atoms. The molecule has 0 spiro atoms. The van der Waals surface area contributed by atoms with Crippen molar-refractivity contribution in [1.29, 1.82) is 0 Å². The van der Waals surface area contributed by atoms with E-state index < -0.39 is 151 Å². The van der Waals surface area contributed by atoms with Crippen LogP contribution in [0.3, 0.4) is 0 Å². The van der Waals surface area contributed by atoms with Crippen LogP contribution in [0.25, 0.3) is 10.9 Å². The summed E-state index contributed by atoms with van der Waals surface area (Å²) in [6, 6.07) is 14.0. The molecule has 9 atom stereocenters. The number of phenols is 2. The number of phenolic OH excluding ortho intramolecular Hbond substituents is 2. The molecule has 5 aromatic rings. The van der Waals surface area contributed by atoms with Crippen molar-refractivity contribution in [1.82, 2.24) is 52.8 Å². The minimum atomic E-state index is -1.82. The van der Waals surface area contributed by atoms with Gasteiger partial charge in [-0.3, -0.25) is 62.5 Å². The van der Waals surface area contributed by atoms with Crippen LogP contribution in [0, 0.1) is 11.8 Å². The molecule has 31 heteroatoms. The van der Waals surface area contributed by atoms with Gasteiger partial charge in [-0.2, -0.15) is 0 Å². The number of fused-ring (bicyclic) bond motifs is 1. The second-order valence-corrected chi connectivity index (χ2v) is 23.9. The second-order valence-electron chi connectivity index (χ2n) is 23.9. The number of primary amides is 3. The van der Waals surface area contributed by atoms with Gasteiger partial charge in [0.1, 0.15) is 59.8 Å². The summed E-state index contributed by atoms with van der Waals surface area (Å²) in [6.07, 6.45) is -0.371. The monoisotopic (exact) mass is 1330 g/mol. The lowest BCUT2D eigenvalue weighted by molar-refractivity contribution is -0.136. The van der Waals surface area contributed by atoms with Gasteiger partial charge in [-0.1, -0.05) is 100 Å². The van der Waals surface area contributed by atoms with Gasteiger partial charge in [-0.15, -0.1) is 0 Å². The number of nitrogens with one attached hydrogen (secondary N) is 10. The number of guanidine groups is 1. The maximum Gasteiger partial charge on any atom is 0.243 e. The number of hydrogen-bond acceptors (Lipinski definition) is 16. The van der Waals surface area contributed by atoms with E-state index in [9.17, 15) is 67.7 Å². The highest BCUT2D eigenvalue weighted by atomic mass is 16.3. The van der Waals surface area contributed by atoms with E-state index in [1.165, 1.54) is 48.5 Å². The third-order valence-electron chi connectivity index (χ3n) is 15.1. The molecule has 0 saturated heterocycles. The molecule has 31 nitrogen and oxygen atoms in total. The highest BCUT2D eigenvalue weighted by molar-refractivity contribution is 6.00. The molecule has 0 aliphatic carbocycles. The number of aromatic nitrogens is 1. The van der Waals surface area contributed by atoms with Crippen molar-refractivity contribution in [3.05, 3.63) is 132 Å². The number of hydrogen-bond donors (Lipinski definition) is 18. The fourth-order valence-corrected chi connectivity index (χ4v) is 10.1. The minimum Gasteiger partial charge on any atom is -0.508 e. The van der Waals surface area contributed by atoms with Gasteiger partial charge in [0, 0.05) is 42.9 Å². The van der Waals surface area contributed by atoms with E-state index in [2.05, 4.69) is 57.8 Å². The fraction of sp³-hybridized carbons (Fsp3) is 0.400. The standard InChI is InChI=1S/C65H87N17O14/c1-34(2)25-47(60(92)76-45(15-10-24-72-65(70)71)59(91)77-46(56(69)88)27-38-18-22-41(84)23-19-38)75-54(87)33-74-58(90)48(28-36-11-6-5-7-12-36)81-64(96)55(35(3)4)82-63(95)51(31-53(68)86)80-61(93)49(29-39-32-73-44-14-9-8-13-42(39)44)79-62(94)50(30-52(67)85)78-57(89)43(66)26-37-16-20-40(83)21-17-37/h5-9,11-14,16-23,32,34-35,43,45-51,55,73,83-84H,10,15,24-31,33,66H2,1-4H3,(H2,67,85)(H2,68,86)(H2,69,88)(H,74,90)(H,75,87)(H,76,92)(H,77,91)(H,78,89)(H,79,94)(H,80,93)(H,81,96)(H,82,95)(H4,70,71,72). The van der Waals surface area contributed by atoms with E-state index in [0.717, 1.165) is 0 Å². The highest BCUT2D eigenvalue weighted by Gasteiger charge is 2.37. The Hall–Kier alpha value is -11.1. The Morgan fingerprint density at radius 3 is 1.52 bits per heavy atom. The Morgan fingerprint density at radius 2 is 0.948 bits per heavy atom. The quantitative estimate of drug-likeness (QED) is 0.0108. The average Bonchev–Trinajstić information content (AvgIpc) is 1.69. The van der Waals surface area contributed by atoms with E-state index in [-0.39, 0.29) is 74.9 Å². The lowest BCUT2D eigenvalue weighted by Crippen LogP contribution is -2.61. The number of H-pyrrole nitrogens is 1. The summed E-state index contributed by atoms with van der Waals surface area (Å²) in [5.41, 5.74) is 36.8. The van der Waals surface area contributed by atoms with Gasteiger partial charge in [-0.25, -0.2) is 0 Å². The molecule has 0 saturated carbocycles. The van der Waals surface area contributed by atoms with Crippen LogP contribution in [0.1, 0.15) is 82.1 Å². The number of aromatic hydroxyl groups is 2. The maximum atomic E-state index is 14.6. The Kier molecular flexibility index (Phi) is 29.1. The number of carbonyl (C=O) groups is 12. The molecule has 0 aliphatic heterocycles. The summed E-state index contributed by atoms with van der Waals surface area (Å²) in [5, 5.41) is 43.0. The van der Waals surface area contributed by atoms with Crippen molar-refractivity contribution >= 4 is 87.7 Å². The number of rotatable bonds is 38. The highest BCUT2D eigenvalue weighted by Crippen LogP contribution is 2.21. The lowest BCUT2D eigenvalue weighted by atomic mass is 10.00. The molecule has 0 radical (unpaired) electrons. The Balaban J connectivity index is 1.32. The largest absolute Gasteiger partial charge is 0.508 e. The number of nitrogens with zero attached hydrogens (tertiary/aromatic N) is 1. The van der Waals surface area contributed by atoms with Crippen LogP contribution in [-0.2, 0) is 83.2 Å². The van der Waals surface area contributed by atoms with E-state index in [0.29, 0.717) is 33.2 Å². The molecular formula is C65H87N17O14. The van der Waals surface area contributed by atoms with Crippen LogP contribution >= 0.6 is 0 Å². The molecule has 9 unspecified atom stereocenters. The van der Waals surface area contributed by atoms with Gasteiger partial charge in [-0.05, 0) is 90.1 Å². The number of nitrogens with two attached hydrogens (primary N) is 6. The van der Waals surface area contributed by atoms with Gasteiger partial charge >= 0.3 is 0 Å². The summed E-state index contributed by atoms with van der Waals surface area (Å²) in [7, 11) is 0. The van der Waals surface area contributed by atoms with Crippen molar-refractivity contribution in [3.63, 3.8) is 0 Å². The Bertz CT molecular complexity index is 3560. The van der Waals surface area contributed by atoms with Crippen LogP contribution in [0.2, 0.25) is 0 Å². The molecule has 12 amide bonds. The van der Waals surface area contributed by atoms with Gasteiger partial charge in [0.05, 0.1) is 25.4 Å². The minimum absolute atomic E-state index is 0.0275. The van der Waals surface area contributed by atoms with Crippen LogP contribution in [0.4, 0.5) is 0 Å². The zero-order valence-corrected chi connectivity index (χ0v) is 53.7. The van der Waals surface area contributed by atoms with Crippen LogP contribution < -0.4 is 82.3 Å². The van der Waals surface area contributed by atoms with E-state index in [1.54, 1.807) is 88.5 Å². The number of benzene rings is 4. The predicted molar refractivity (Wildman–Crippen MR) is 353 cm³/mol. The van der Waals surface area contributed by atoms with E-state index >= 15 is 0 Å². The molecule has 4 aromatic carbocycles. The van der Waals surface area contributed by atoms with Crippen LogP contribution in [0.5, 0.6) is 11.5 Å². The average molecular weight is 1330 g/mol. The summed E-state index contributed by atoms with van der Waals surface area (Å²) < 4.78 is 0. The zero-order valence-electron chi connectivity index (χ0n) is 53.7. The molecule has 24 N–H and O–H groups in total. The number of amides is 12. The Labute approximate surface area is 553 Å². The van der Waals surface area contributed by atoms with Crippen molar-refractivity contribution in [3.8, 4) is 11.5 Å². The summed E-state index contributed by atoms with van der Waals surface area (Å²) in [4.78, 5) is 171. The molecule has 0 fully saturated rings. The second kappa shape index (κ2) is 37.0. The third kappa shape index (κ3) is 25.1. The summed E-state index contributed by atoms with van der Waals surface area (Å²) in [6.45, 7) is 5.98. The van der Waals surface area contributed by atoms with Gasteiger partial charge in [0.2, 0.25) is 70.9 Å². The first kappa shape index (κ1) is 75.6. The van der Waals surface area contributed by atoms with Gasteiger partial charge < -0.3 is 97.5 Å². The van der Waals surface area contributed by atoms with Crippen LogP contribution in [-0.4, -0.2) is 160 Å².